The second-order valence-corrected chi connectivity index (χ2v) is 4.78. The Kier molecular flexibility index (Phi) is 4.88. The Morgan fingerprint density at radius 3 is 2.64 bits per heavy atom. The minimum atomic E-state index is -0.374. The second-order valence-electron chi connectivity index (χ2n) is 4.78. The number of hydrogen-bond acceptors (Lipinski definition) is 3. The third-order valence-electron chi connectivity index (χ3n) is 3.63. The lowest BCUT2D eigenvalue weighted by Gasteiger charge is -2.16. The van der Waals surface area contributed by atoms with Gasteiger partial charge in [0.15, 0.2) is 0 Å². The van der Waals surface area contributed by atoms with Gasteiger partial charge in [-0.1, -0.05) is 30.3 Å². The molecule has 0 fully saturated rings. The summed E-state index contributed by atoms with van der Waals surface area (Å²) in [6.45, 7) is 5.06. The van der Waals surface area contributed by atoms with Gasteiger partial charge in [0.25, 0.3) is 5.88 Å². The highest BCUT2D eigenvalue weighted by atomic mass is 35.5. The number of amides is 1. The quantitative estimate of drug-likeness (QED) is 0.794. The zero-order chi connectivity index (χ0) is 14.8. The van der Waals surface area contributed by atoms with Crippen LogP contribution in [0.2, 0.25) is 0 Å². The summed E-state index contributed by atoms with van der Waals surface area (Å²) in [5.41, 5.74) is 0.857. The van der Waals surface area contributed by atoms with E-state index in [9.17, 15) is 4.79 Å². The number of halogens is 1. The Labute approximate surface area is 134 Å². The molecule has 0 atom stereocenters. The predicted molar refractivity (Wildman–Crippen MR) is 89.8 cm³/mol. The molecule has 1 aromatic heterocycles. The molecule has 1 N–H and O–H groups in total. The summed E-state index contributed by atoms with van der Waals surface area (Å²) in [6, 6.07) is 11.9. The molecule has 1 heterocycles. The molecule has 1 amide bonds. The van der Waals surface area contributed by atoms with E-state index in [1.165, 1.54) is 0 Å². The van der Waals surface area contributed by atoms with Crippen LogP contribution in [-0.2, 0) is 0 Å². The SMILES string of the molecule is CCN(CC)C(=O)Oc1n[nH]c2ccc3ccccc3c12.Cl. The Morgan fingerprint density at radius 1 is 1.18 bits per heavy atom. The third-order valence-corrected chi connectivity index (χ3v) is 3.63. The fourth-order valence-electron chi connectivity index (χ4n) is 2.46. The van der Waals surface area contributed by atoms with Crippen LogP contribution < -0.4 is 4.74 Å². The van der Waals surface area contributed by atoms with Crippen LogP contribution in [0.5, 0.6) is 5.88 Å². The minimum absolute atomic E-state index is 0. The lowest BCUT2D eigenvalue weighted by atomic mass is 10.1. The number of ether oxygens (including phenoxy) is 1. The first-order valence-electron chi connectivity index (χ1n) is 7.07. The summed E-state index contributed by atoms with van der Waals surface area (Å²) in [7, 11) is 0. The fourth-order valence-corrected chi connectivity index (χ4v) is 2.46. The van der Waals surface area contributed by atoms with Crippen LogP contribution >= 0.6 is 12.4 Å². The number of hydrogen-bond donors (Lipinski definition) is 1. The molecule has 0 aliphatic rings. The normalized spacial score (nSPS) is 10.5. The average molecular weight is 320 g/mol. The molecule has 0 unspecified atom stereocenters. The molecule has 0 saturated heterocycles. The number of rotatable bonds is 3. The molecule has 0 aliphatic carbocycles. The summed E-state index contributed by atoms with van der Waals surface area (Å²) < 4.78 is 5.46. The van der Waals surface area contributed by atoms with Gasteiger partial charge in [-0.05, 0) is 30.7 Å². The van der Waals surface area contributed by atoms with E-state index in [4.69, 9.17) is 4.74 Å². The number of fused-ring (bicyclic) bond motifs is 3. The van der Waals surface area contributed by atoms with Crippen molar-refractivity contribution in [1.29, 1.82) is 0 Å². The van der Waals surface area contributed by atoms with Crippen LogP contribution in [0.15, 0.2) is 36.4 Å². The van der Waals surface area contributed by atoms with Gasteiger partial charge in [-0.25, -0.2) is 4.79 Å². The average Bonchev–Trinajstić information content (AvgIpc) is 2.92. The van der Waals surface area contributed by atoms with E-state index in [1.807, 2.05) is 50.2 Å². The molecule has 0 spiro atoms. The van der Waals surface area contributed by atoms with Gasteiger partial charge in [0, 0.05) is 13.1 Å². The van der Waals surface area contributed by atoms with Crippen molar-refractivity contribution in [2.75, 3.05) is 13.1 Å². The highest BCUT2D eigenvalue weighted by Crippen LogP contribution is 2.31. The van der Waals surface area contributed by atoms with E-state index in [0.29, 0.717) is 19.0 Å². The number of carbonyl (C=O) groups is 1. The van der Waals surface area contributed by atoms with E-state index in [2.05, 4.69) is 10.2 Å². The zero-order valence-corrected chi connectivity index (χ0v) is 13.3. The van der Waals surface area contributed by atoms with Crippen LogP contribution in [0.25, 0.3) is 21.7 Å². The molecule has 2 aromatic carbocycles. The molecule has 6 heteroatoms. The van der Waals surface area contributed by atoms with Gasteiger partial charge < -0.3 is 9.64 Å². The Bertz CT molecular complexity index is 796. The van der Waals surface area contributed by atoms with E-state index in [0.717, 1.165) is 21.7 Å². The lowest BCUT2D eigenvalue weighted by molar-refractivity contribution is 0.156. The standard InChI is InChI=1S/C16H17N3O2.ClH/c1-3-19(4-2)16(20)21-15-14-12-8-6-5-7-11(12)9-10-13(14)17-18-15;/h5-10H,3-4H2,1-2H3,(H,17,18);1H. The molecule has 5 nitrogen and oxygen atoms in total. The third kappa shape index (κ3) is 2.72. The van der Waals surface area contributed by atoms with Crippen molar-refractivity contribution >= 4 is 40.2 Å². The number of benzene rings is 2. The molecule has 116 valence electrons. The molecule has 3 rings (SSSR count). The Morgan fingerprint density at radius 2 is 1.91 bits per heavy atom. The molecule has 3 aromatic rings. The first kappa shape index (κ1) is 16.1. The van der Waals surface area contributed by atoms with Gasteiger partial charge in [-0.3, -0.25) is 5.10 Å². The number of nitrogens with zero attached hydrogens (tertiary/aromatic N) is 2. The van der Waals surface area contributed by atoms with Gasteiger partial charge in [0.1, 0.15) is 0 Å². The van der Waals surface area contributed by atoms with Crippen LogP contribution in [0.1, 0.15) is 13.8 Å². The smallest absolute Gasteiger partial charge is 0.389 e. The molecule has 22 heavy (non-hydrogen) atoms. The van der Waals surface area contributed by atoms with Gasteiger partial charge in [0.2, 0.25) is 0 Å². The summed E-state index contributed by atoms with van der Waals surface area (Å²) in [4.78, 5) is 13.7. The molecule has 0 bridgehead atoms. The molecular weight excluding hydrogens is 302 g/mol. The van der Waals surface area contributed by atoms with Crippen LogP contribution in [-0.4, -0.2) is 34.3 Å². The second kappa shape index (κ2) is 6.66. The highest BCUT2D eigenvalue weighted by Gasteiger charge is 2.17. The summed E-state index contributed by atoms with van der Waals surface area (Å²) >= 11 is 0. The largest absolute Gasteiger partial charge is 0.416 e. The predicted octanol–water partition coefficient (Wildman–Crippen LogP) is 3.98. The highest BCUT2D eigenvalue weighted by molar-refractivity contribution is 6.09. The molecule has 0 radical (unpaired) electrons. The van der Waals surface area contributed by atoms with Crippen molar-refractivity contribution in [2.45, 2.75) is 13.8 Å². The topological polar surface area (TPSA) is 58.2 Å². The molecular formula is C16H18ClN3O2. The number of aromatic nitrogens is 2. The van der Waals surface area contributed by atoms with Gasteiger partial charge in [-0.2, -0.15) is 0 Å². The van der Waals surface area contributed by atoms with E-state index in [-0.39, 0.29) is 18.5 Å². The van der Waals surface area contributed by atoms with Crippen molar-refractivity contribution in [3.05, 3.63) is 36.4 Å². The van der Waals surface area contributed by atoms with Gasteiger partial charge in [0.05, 0.1) is 10.9 Å². The van der Waals surface area contributed by atoms with Gasteiger partial charge >= 0.3 is 6.09 Å². The maximum absolute atomic E-state index is 12.1. The molecule has 0 saturated carbocycles. The number of carbonyl (C=O) groups excluding carboxylic acids is 1. The van der Waals surface area contributed by atoms with Crippen LogP contribution in [0, 0.1) is 0 Å². The lowest BCUT2D eigenvalue weighted by Crippen LogP contribution is -2.33. The maximum atomic E-state index is 12.1. The summed E-state index contributed by atoms with van der Waals surface area (Å²) in [5.74, 6) is 0.332. The van der Waals surface area contributed by atoms with E-state index < -0.39 is 0 Å². The van der Waals surface area contributed by atoms with E-state index in [1.54, 1.807) is 4.90 Å². The fraction of sp³-hybridized carbons (Fsp3) is 0.250. The summed E-state index contributed by atoms with van der Waals surface area (Å²) in [5, 5.41) is 10.0. The first-order chi connectivity index (χ1) is 10.2. The van der Waals surface area contributed by atoms with Crippen LogP contribution in [0.4, 0.5) is 4.79 Å². The first-order valence-corrected chi connectivity index (χ1v) is 7.07. The van der Waals surface area contributed by atoms with E-state index >= 15 is 0 Å². The minimum Gasteiger partial charge on any atom is -0.389 e. The Balaban J connectivity index is 0.00000176. The maximum Gasteiger partial charge on any atom is 0.416 e. The van der Waals surface area contributed by atoms with Gasteiger partial charge in [-0.15, -0.1) is 17.5 Å². The van der Waals surface area contributed by atoms with Crippen molar-refractivity contribution in [2.24, 2.45) is 0 Å². The van der Waals surface area contributed by atoms with Crippen molar-refractivity contribution in [3.8, 4) is 5.88 Å². The van der Waals surface area contributed by atoms with Crippen molar-refractivity contribution < 1.29 is 9.53 Å². The summed E-state index contributed by atoms with van der Waals surface area (Å²) in [6.07, 6.45) is -0.374. The zero-order valence-electron chi connectivity index (χ0n) is 12.5. The van der Waals surface area contributed by atoms with Crippen LogP contribution in [0.3, 0.4) is 0 Å². The Hall–Kier alpha value is -2.27. The number of nitrogens with one attached hydrogen (secondary N) is 1. The van der Waals surface area contributed by atoms with Crippen molar-refractivity contribution in [3.63, 3.8) is 0 Å². The monoisotopic (exact) mass is 319 g/mol. The molecule has 0 aliphatic heterocycles. The number of H-pyrrole nitrogens is 1. The van der Waals surface area contributed by atoms with Crippen molar-refractivity contribution in [1.82, 2.24) is 15.1 Å². The number of aromatic amines is 1.